The molecule has 0 aromatic heterocycles. The largest absolute Gasteiger partial charge is 0.481 e. The quantitative estimate of drug-likeness (QED) is 0.746. The van der Waals surface area contributed by atoms with Crippen LogP contribution in [-0.4, -0.2) is 23.7 Å². The molecular formula is C22H24O4. The Balaban J connectivity index is 1.72. The maximum Gasteiger partial charge on any atom is 0.307 e. The van der Waals surface area contributed by atoms with E-state index < -0.39 is 17.9 Å². The molecule has 0 amide bonds. The van der Waals surface area contributed by atoms with Crippen molar-refractivity contribution in [3.63, 3.8) is 0 Å². The minimum absolute atomic E-state index is 0.00164. The van der Waals surface area contributed by atoms with Gasteiger partial charge in [0.05, 0.1) is 12.3 Å². The monoisotopic (exact) mass is 352 g/mol. The summed E-state index contributed by atoms with van der Waals surface area (Å²) in [4.78, 5) is 23.7. The Morgan fingerprint density at radius 1 is 1.04 bits per heavy atom. The molecule has 0 radical (unpaired) electrons. The molecule has 0 bridgehead atoms. The summed E-state index contributed by atoms with van der Waals surface area (Å²) in [5.41, 5.74) is 4.65. The van der Waals surface area contributed by atoms with Crippen LogP contribution in [0.2, 0.25) is 0 Å². The number of fused-ring (bicyclic) bond motifs is 3. The standard InChI is InChI=1S/C22H24O4/c1-3-14(2)19(22(24)25)12-21(23)26-13-20-17-10-6-4-8-15(17)16-9-5-7-11-18(16)20/h4-11,14,19-20H,3,12-13H2,1-2H3,(H,24,25)/t14?,19-/m1/s1. The lowest BCUT2D eigenvalue weighted by atomic mass is 9.89. The van der Waals surface area contributed by atoms with Crippen molar-refractivity contribution >= 4 is 11.9 Å². The zero-order chi connectivity index (χ0) is 18.7. The van der Waals surface area contributed by atoms with E-state index in [0.29, 0.717) is 6.42 Å². The third kappa shape index (κ3) is 3.50. The first-order valence-corrected chi connectivity index (χ1v) is 9.09. The van der Waals surface area contributed by atoms with E-state index in [0.717, 1.165) is 11.1 Å². The second-order valence-corrected chi connectivity index (χ2v) is 6.94. The third-order valence-electron chi connectivity index (χ3n) is 5.41. The van der Waals surface area contributed by atoms with Gasteiger partial charge in [-0.15, -0.1) is 0 Å². The highest BCUT2D eigenvalue weighted by atomic mass is 16.5. The van der Waals surface area contributed by atoms with Gasteiger partial charge in [-0.25, -0.2) is 0 Å². The van der Waals surface area contributed by atoms with Gasteiger partial charge >= 0.3 is 11.9 Å². The maximum atomic E-state index is 12.3. The van der Waals surface area contributed by atoms with Gasteiger partial charge in [0, 0.05) is 5.92 Å². The number of aliphatic carboxylic acids is 1. The Kier molecular flexibility index (Phi) is 5.40. The molecule has 1 aliphatic rings. The van der Waals surface area contributed by atoms with E-state index in [1.54, 1.807) is 0 Å². The fourth-order valence-corrected chi connectivity index (χ4v) is 3.67. The number of carboxylic acids is 1. The molecular weight excluding hydrogens is 328 g/mol. The van der Waals surface area contributed by atoms with E-state index in [-0.39, 0.29) is 24.9 Å². The second-order valence-electron chi connectivity index (χ2n) is 6.94. The molecule has 1 unspecified atom stereocenters. The smallest absolute Gasteiger partial charge is 0.307 e. The van der Waals surface area contributed by atoms with Crippen LogP contribution >= 0.6 is 0 Å². The van der Waals surface area contributed by atoms with E-state index in [1.165, 1.54) is 11.1 Å². The highest BCUT2D eigenvalue weighted by Gasteiger charge is 2.31. The first-order chi connectivity index (χ1) is 12.5. The number of carboxylic acid groups (broad SMARTS) is 1. The third-order valence-corrected chi connectivity index (χ3v) is 5.41. The molecule has 2 aromatic rings. The summed E-state index contributed by atoms with van der Waals surface area (Å²) < 4.78 is 5.51. The van der Waals surface area contributed by atoms with Crippen LogP contribution in [0.5, 0.6) is 0 Å². The molecule has 0 aliphatic heterocycles. The maximum absolute atomic E-state index is 12.3. The number of esters is 1. The van der Waals surface area contributed by atoms with Gasteiger partial charge < -0.3 is 9.84 Å². The highest BCUT2D eigenvalue weighted by Crippen LogP contribution is 2.44. The number of ether oxygens (including phenoxy) is 1. The number of rotatable bonds is 7. The van der Waals surface area contributed by atoms with Gasteiger partial charge in [0.25, 0.3) is 0 Å². The van der Waals surface area contributed by atoms with Crippen molar-refractivity contribution in [2.75, 3.05) is 6.61 Å². The van der Waals surface area contributed by atoms with E-state index in [1.807, 2.05) is 38.1 Å². The van der Waals surface area contributed by atoms with Crippen LogP contribution in [0.4, 0.5) is 0 Å². The van der Waals surface area contributed by atoms with Gasteiger partial charge in [-0.05, 0) is 28.2 Å². The minimum atomic E-state index is -0.937. The molecule has 1 aliphatic carbocycles. The summed E-state index contributed by atoms with van der Waals surface area (Å²) in [5.74, 6) is -2.14. The summed E-state index contributed by atoms with van der Waals surface area (Å²) in [7, 11) is 0. The SMILES string of the molecule is CCC(C)[C@@H](CC(=O)OCC1c2ccccc2-c2ccccc21)C(=O)O. The fraction of sp³-hybridized carbons (Fsp3) is 0.364. The van der Waals surface area contributed by atoms with Crippen LogP contribution in [0.3, 0.4) is 0 Å². The Morgan fingerprint density at radius 2 is 1.58 bits per heavy atom. The molecule has 3 rings (SSSR count). The second kappa shape index (κ2) is 7.73. The Labute approximate surface area is 153 Å². The van der Waals surface area contributed by atoms with Gasteiger partial charge in [-0.1, -0.05) is 68.8 Å². The molecule has 4 nitrogen and oxygen atoms in total. The molecule has 0 spiro atoms. The molecule has 0 fully saturated rings. The molecule has 4 heteroatoms. The fourth-order valence-electron chi connectivity index (χ4n) is 3.67. The van der Waals surface area contributed by atoms with Crippen molar-refractivity contribution in [2.45, 2.75) is 32.6 Å². The van der Waals surface area contributed by atoms with Crippen LogP contribution in [0.15, 0.2) is 48.5 Å². The van der Waals surface area contributed by atoms with Gasteiger partial charge in [0.15, 0.2) is 0 Å². The summed E-state index contributed by atoms with van der Waals surface area (Å²) in [6, 6.07) is 16.3. The molecule has 136 valence electrons. The first-order valence-electron chi connectivity index (χ1n) is 9.09. The van der Waals surface area contributed by atoms with E-state index in [4.69, 9.17) is 4.74 Å². The van der Waals surface area contributed by atoms with Crippen molar-refractivity contribution in [3.8, 4) is 11.1 Å². The number of carbonyl (C=O) groups is 2. The van der Waals surface area contributed by atoms with Gasteiger partial charge in [0.1, 0.15) is 6.61 Å². The van der Waals surface area contributed by atoms with Crippen LogP contribution in [0, 0.1) is 11.8 Å². The summed E-state index contributed by atoms with van der Waals surface area (Å²) in [6.07, 6.45) is 0.633. The zero-order valence-corrected chi connectivity index (χ0v) is 15.1. The lowest BCUT2D eigenvalue weighted by molar-refractivity contribution is -0.153. The van der Waals surface area contributed by atoms with Crippen molar-refractivity contribution in [2.24, 2.45) is 11.8 Å². The normalized spacial score (nSPS) is 15.0. The molecule has 1 N–H and O–H groups in total. The summed E-state index contributed by atoms with van der Waals surface area (Å²) in [5, 5.41) is 9.36. The molecule has 26 heavy (non-hydrogen) atoms. The average molecular weight is 352 g/mol. The topological polar surface area (TPSA) is 63.6 Å². The van der Waals surface area contributed by atoms with Crippen molar-refractivity contribution in [1.82, 2.24) is 0 Å². The van der Waals surface area contributed by atoms with Crippen LogP contribution in [0.25, 0.3) is 11.1 Å². The molecule has 0 heterocycles. The number of hydrogen-bond acceptors (Lipinski definition) is 3. The van der Waals surface area contributed by atoms with E-state index >= 15 is 0 Å². The zero-order valence-electron chi connectivity index (χ0n) is 15.1. The average Bonchev–Trinajstić information content (AvgIpc) is 2.97. The van der Waals surface area contributed by atoms with Crippen molar-refractivity contribution in [3.05, 3.63) is 59.7 Å². The lowest BCUT2D eigenvalue weighted by Crippen LogP contribution is -2.26. The molecule has 2 atom stereocenters. The van der Waals surface area contributed by atoms with Gasteiger partial charge in [0.2, 0.25) is 0 Å². The Bertz CT molecular complexity index is 766. The van der Waals surface area contributed by atoms with Gasteiger partial charge in [-0.2, -0.15) is 0 Å². The van der Waals surface area contributed by atoms with E-state index in [2.05, 4.69) is 24.3 Å². The number of hydrogen-bond donors (Lipinski definition) is 1. The lowest BCUT2D eigenvalue weighted by Gasteiger charge is -2.19. The predicted octanol–water partition coefficient (Wildman–Crippen LogP) is 4.48. The van der Waals surface area contributed by atoms with Crippen molar-refractivity contribution < 1.29 is 19.4 Å². The predicted molar refractivity (Wildman–Crippen MR) is 99.9 cm³/mol. The molecule has 2 aromatic carbocycles. The first kappa shape index (κ1) is 18.2. The number of carbonyl (C=O) groups excluding carboxylic acids is 1. The summed E-state index contributed by atoms with van der Waals surface area (Å²) in [6.45, 7) is 4.02. The Morgan fingerprint density at radius 3 is 2.08 bits per heavy atom. The van der Waals surface area contributed by atoms with Crippen LogP contribution < -0.4 is 0 Å². The minimum Gasteiger partial charge on any atom is -0.481 e. The highest BCUT2D eigenvalue weighted by molar-refractivity contribution is 5.80. The van der Waals surface area contributed by atoms with E-state index in [9.17, 15) is 14.7 Å². The summed E-state index contributed by atoms with van der Waals surface area (Å²) >= 11 is 0. The molecule has 0 saturated heterocycles. The Hall–Kier alpha value is -2.62. The molecule has 0 saturated carbocycles. The van der Waals surface area contributed by atoms with Crippen LogP contribution in [0.1, 0.15) is 43.7 Å². The van der Waals surface area contributed by atoms with Crippen molar-refractivity contribution in [1.29, 1.82) is 0 Å². The van der Waals surface area contributed by atoms with Gasteiger partial charge in [-0.3, -0.25) is 9.59 Å². The number of benzene rings is 2. The van der Waals surface area contributed by atoms with Crippen LogP contribution in [-0.2, 0) is 14.3 Å².